The van der Waals surface area contributed by atoms with Crippen LogP contribution in [0.2, 0.25) is 0 Å². The molecule has 21 heavy (non-hydrogen) atoms. The van der Waals surface area contributed by atoms with Crippen molar-refractivity contribution in [2.75, 3.05) is 26.8 Å². The van der Waals surface area contributed by atoms with Crippen molar-refractivity contribution in [3.63, 3.8) is 0 Å². The molecule has 5 heteroatoms. The summed E-state index contributed by atoms with van der Waals surface area (Å²) >= 11 is 3.46. The summed E-state index contributed by atoms with van der Waals surface area (Å²) in [6, 6.07) is 3.55. The first-order chi connectivity index (χ1) is 10.1. The highest BCUT2D eigenvalue weighted by Gasteiger charge is 2.19. The molecule has 0 radical (unpaired) electrons. The smallest absolute Gasteiger partial charge is 0.254 e. The van der Waals surface area contributed by atoms with Gasteiger partial charge in [0.2, 0.25) is 0 Å². The quantitative estimate of drug-likeness (QED) is 0.702. The molecule has 0 fully saturated rings. The van der Waals surface area contributed by atoms with Crippen molar-refractivity contribution in [1.29, 1.82) is 0 Å². The lowest BCUT2D eigenvalue weighted by molar-refractivity contribution is 0.0755. The molecule has 0 bridgehead atoms. The van der Waals surface area contributed by atoms with E-state index in [2.05, 4.69) is 29.8 Å². The number of ether oxygens (including phenoxy) is 2. The SMILES string of the molecule is CCCN(CCC)C(=O)c1cc(Br)c(OCC)c(OC)c1. The van der Waals surface area contributed by atoms with E-state index in [0.717, 1.165) is 30.4 Å². The molecule has 0 heterocycles. The predicted octanol–water partition coefficient (Wildman–Crippen LogP) is 4.12. The van der Waals surface area contributed by atoms with Crippen LogP contribution < -0.4 is 9.47 Å². The number of benzene rings is 1. The molecule has 0 atom stereocenters. The van der Waals surface area contributed by atoms with Crippen molar-refractivity contribution in [2.45, 2.75) is 33.6 Å². The lowest BCUT2D eigenvalue weighted by Gasteiger charge is -2.22. The first-order valence-corrected chi connectivity index (χ1v) is 8.17. The molecule has 118 valence electrons. The summed E-state index contributed by atoms with van der Waals surface area (Å²) in [7, 11) is 1.58. The fourth-order valence-electron chi connectivity index (χ4n) is 2.17. The minimum atomic E-state index is 0.0285. The molecule has 0 unspecified atom stereocenters. The molecule has 0 aliphatic carbocycles. The first kappa shape index (κ1) is 17.8. The van der Waals surface area contributed by atoms with Gasteiger partial charge in [-0.3, -0.25) is 4.79 Å². The highest BCUT2D eigenvalue weighted by atomic mass is 79.9. The molecular weight excluding hydrogens is 334 g/mol. The molecule has 0 aliphatic heterocycles. The van der Waals surface area contributed by atoms with Crippen molar-refractivity contribution in [2.24, 2.45) is 0 Å². The van der Waals surface area contributed by atoms with Crippen molar-refractivity contribution in [3.8, 4) is 11.5 Å². The van der Waals surface area contributed by atoms with Gasteiger partial charge in [-0.05, 0) is 47.8 Å². The summed E-state index contributed by atoms with van der Waals surface area (Å²) in [5.74, 6) is 1.23. The third-order valence-corrected chi connectivity index (χ3v) is 3.63. The van der Waals surface area contributed by atoms with E-state index in [9.17, 15) is 4.79 Å². The summed E-state index contributed by atoms with van der Waals surface area (Å²) in [6.45, 7) is 8.13. The van der Waals surface area contributed by atoms with Crippen LogP contribution in [-0.4, -0.2) is 37.6 Å². The van der Waals surface area contributed by atoms with Crippen LogP contribution in [0.25, 0.3) is 0 Å². The Morgan fingerprint density at radius 3 is 2.29 bits per heavy atom. The summed E-state index contributed by atoms with van der Waals surface area (Å²) in [5.41, 5.74) is 0.615. The highest BCUT2D eigenvalue weighted by Crippen LogP contribution is 2.37. The van der Waals surface area contributed by atoms with Gasteiger partial charge in [0, 0.05) is 18.7 Å². The molecule has 4 nitrogen and oxygen atoms in total. The van der Waals surface area contributed by atoms with Crippen molar-refractivity contribution in [1.82, 2.24) is 4.90 Å². The number of amides is 1. The van der Waals surface area contributed by atoms with Gasteiger partial charge in [-0.15, -0.1) is 0 Å². The molecule has 0 saturated carbocycles. The van der Waals surface area contributed by atoms with Gasteiger partial charge in [0.25, 0.3) is 5.91 Å². The maximum absolute atomic E-state index is 12.6. The van der Waals surface area contributed by atoms with Gasteiger partial charge >= 0.3 is 0 Å². The molecule has 0 aromatic heterocycles. The van der Waals surface area contributed by atoms with Gasteiger partial charge < -0.3 is 14.4 Å². The van der Waals surface area contributed by atoms with E-state index in [1.54, 1.807) is 19.2 Å². The standard InChI is InChI=1S/C16H24BrNO3/c1-5-8-18(9-6-2)16(19)12-10-13(17)15(21-7-3)14(11-12)20-4/h10-11H,5-9H2,1-4H3. The average molecular weight is 358 g/mol. The fourth-order valence-corrected chi connectivity index (χ4v) is 2.72. The van der Waals surface area contributed by atoms with Crippen molar-refractivity contribution < 1.29 is 14.3 Å². The van der Waals surface area contributed by atoms with Gasteiger partial charge in [-0.25, -0.2) is 0 Å². The Labute approximate surface area is 135 Å². The van der Waals surface area contributed by atoms with E-state index in [0.29, 0.717) is 23.7 Å². The van der Waals surface area contributed by atoms with E-state index >= 15 is 0 Å². The second-order valence-electron chi connectivity index (χ2n) is 4.71. The Kier molecular flexibility index (Phi) is 7.57. The van der Waals surface area contributed by atoms with E-state index < -0.39 is 0 Å². The second kappa shape index (κ2) is 8.93. The number of methoxy groups -OCH3 is 1. The molecule has 1 rings (SSSR count). The Bertz CT molecular complexity index is 471. The van der Waals surface area contributed by atoms with Crippen LogP contribution in [0.5, 0.6) is 11.5 Å². The number of carbonyl (C=O) groups excluding carboxylic acids is 1. The normalized spacial score (nSPS) is 10.3. The molecule has 1 amide bonds. The minimum absolute atomic E-state index is 0.0285. The number of hydrogen-bond donors (Lipinski definition) is 0. The summed E-state index contributed by atoms with van der Waals surface area (Å²) in [5, 5.41) is 0. The molecule has 1 aromatic rings. The molecular formula is C16H24BrNO3. The van der Waals surface area contributed by atoms with Crippen LogP contribution >= 0.6 is 15.9 Å². The number of rotatable bonds is 8. The van der Waals surface area contributed by atoms with E-state index in [1.807, 2.05) is 11.8 Å². The fraction of sp³-hybridized carbons (Fsp3) is 0.562. The monoisotopic (exact) mass is 357 g/mol. The van der Waals surface area contributed by atoms with Crippen LogP contribution in [0.4, 0.5) is 0 Å². The number of hydrogen-bond acceptors (Lipinski definition) is 3. The maximum atomic E-state index is 12.6. The van der Waals surface area contributed by atoms with Crippen LogP contribution in [0.15, 0.2) is 16.6 Å². The Hall–Kier alpha value is -1.23. The largest absolute Gasteiger partial charge is 0.493 e. The Morgan fingerprint density at radius 1 is 1.19 bits per heavy atom. The Balaban J connectivity index is 3.12. The third-order valence-electron chi connectivity index (χ3n) is 3.04. The van der Waals surface area contributed by atoms with Crippen LogP contribution in [0.1, 0.15) is 44.0 Å². The zero-order chi connectivity index (χ0) is 15.8. The van der Waals surface area contributed by atoms with Crippen LogP contribution in [0.3, 0.4) is 0 Å². The van der Waals surface area contributed by atoms with E-state index in [-0.39, 0.29) is 5.91 Å². The summed E-state index contributed by atoms with van der Waals surface area (Å²) in [6.07, 6.45) is 1.89. The molecule has 1 aromatic carbocycles. The predicted molar refractivity (Wildman–Crippen MR) is 88.3 cm³/mol. The van der Waals surface area contributed by atoms with E-state index in [1.165, 1.54) is 0 Å². The van der Waals surface area contributed by atoms with Gasteiger partial charge in [-0.1, -0.05) is 13.8 Å². The van der Waals surface area contributed by atoms with Crippen molar-refractivity contribution in [3.05, 3.63) is 22.2 Å². The summed E-state index contributed by atoms with van der Waals surface area (Å²) in [4.78, 5) is 14.5. The average Bonchev–Trinajstić information content (AvgIpc) is 2.48. The second-order valence-corrected chi connectivity index (χ2v) is 5.57. The highest BCUT2D eigenvalue weighted by molar-refractivity contribution is 9.10. The number of carbonyl (C=O) groups is 1. The van der Waals surface area contributed by atoms with Gasteiger partial charge in [-0.2, -0.15) is 0 Å². The molecule has 0 saturated heterocycles. The first-order valence-electron chi connectivity index (χ1n) is 7.38. The summed E-state index contributed by atoms with van der Waals surface area (Å²) < 4.78 is 11.6. The van der Waals surface area contributed by atoms with Gasteiger partial charge in [0.05, 0.1) is 18.2 Å². The van der Waals surface area contributed by atoms with Crippen LogP contribution in [-0.2, 0) is 0 Å². The third kappa shape index (κ3) is 4.63. The van der Waals surface area contributed by atoms with Gasteiger partial charge in [0.15, 0.2) is 11.5 Å². The molecule has 0 aliphatic rings. The number of halogens is 1. The molecule has 0 N–H and O–H groups in total. The topological polar surface area (TPSA) is 38.8 Å². The number of nitrogens with zero attached hydrogens (tertiary/aromatic N) is 1. The van der Waals surface area contributed by atoms with E-state index in [4.69, 9.17) is 9.47 Å². The Morgan fingerprint density at radius 2 is 1.81 bits per heavy atom. The molecule has 0 spiro atoms. The van der Waals surface area contributed by atoms with Crippen LogP contribution in [0, 0.1) is 0 Å². The zero-order valence-corrected chi connectivity index (χ0v) is 14.8. The lowest BCUT2D eigenvalue weighted by atomic mass is 10.1. The maximum Gasteiger partial charge on any atom is 0.254 e. The van der Waals surface area contributed by atoms with Gasteiger partial charge in [0.1, 0.15) is 0 Å². The zero-order valence-electron chi connectivity index (χ0n) is 13.2. The minimum Gasteiger partial charge on any atom is -0.493 e. The van der Waals surface area contributed by atoms with Crippen molar-refractivity contribution >= 4 is 21.8 Å². The lowest BCUT2D eigenvalue weighted by Crippen LogP contribution is -2.32.